The second-order valence-electron chi connectivity index (χ2n) is 4.06. The molecule has 7 heteroatoms. The third kappa shape index (κ3) is 3.36. The molecule has 0 radical (unpaired) electrons. The van der Waals surface area contributed by atoms with Crippen molar-refractivity contribution in [3.63, 3.8) is 0 Å². The normalized spacial score (nSPS) is 19.0. The summed E-state index contributed by atoms with van der Waals surface area (Å²) in [5.74, 6) is -1.08. The van der Waals surface area contributed by atoms with E-state index in [4.69, 9.17) is 21.4 Å². The first-order chi connectivity index (χ1) is 9.08. The van der Waals surface area contributed by atoms with E-state index in [1.807, 2.05) is 0 Å². The number of anilines is 1. The van der Waals surface area contributed by atoms with Crippen LogP contribution < -0.4 is 5.32 Å². The van der Waals surface area contributed by atoms with Crippen LogP contribution in [0.1, 0.15) is 0 Å². The lowest BCUT2D eigenvalue weighted by Gasteiger charge is -2.32. The highest BCUT2D eigenvalue weighted by atomic mass is 35.5. The number of nitrogens with one attached hydrogen (secondary N) is 1. The van der Waals surface area contributed by atoms with Crippen molar-refractivity contribution in [2.45, 2.75) is 6.04 Å². The highest BCUT2D eigenvalue weighted by molar-refractivity contribution is 6.30. The van der Waals surface area contributed by atoms with Gasteiger partial charge in [-0.25, -0.2) is 9.59 Å². The van der Waals surface area contributed by atoms with E-state index in [1.165, 1.54) is 4.90 Å². The molecule has 0 aromatic heterocycles. The Bertz CT molecular complexity index is 494. The SMILES string of the molecule is O=C(O)C1COCCN1C(=O)Nc1cccc(Cl)c1. The lowest BCUT2D eigenvalue weighted by Crippen LogP contribution is -2.53. The lowest BCUT2D eigenvalue weighted by molar-refractivity contribution is -0.147. The summed E-state index contributed by atoms with van der Waals surface area (Å²) >= 11 is 5.81. The maximum atomic E-state index is 12.0. The number of rotatable bonds is 2. The Kier molecular flexibility index (Phi) is 4.24. The molecule has 6 nitrogen and oxygen atoms in total. The molecule has 0 spiro atoms. The molecular weight excluding hydrogens is 272 g/mol. The number of carbonyl (C=O) groups is 2. The summed E-state index contributed by atoms with van der Waals surface area (Å²) in [6, 6.07) is 5.22. The lowest BCUT2D eigenvalue weighted by atomic mass is 10.2. The third-order valence-electron chi connectivity index (χ3n) is 2.75. The molecule has 1 atom stereocenters. The van der Waals surface area contributed by atoms with Crippen LogP contribution in [0.2, 0.25) is 5.02 Å². The van der Waals surface area contributed by atoms with Crippen molar-refractivity contribution >= 4 is 29.3 Å². The number of carboxylic acids is 1. The molecule has 1 aromatic carbocycles. The number of carbonyl (C=O) groups excluding carboxylic acids is 1. The molecule has 1 aromatic rings. The number of morpholine rings is 1. The second kappa shape index (κ2) is 5.90. The molecule has 1 heterocycles. The Morgan fingerprint density at radius 2 is 2.26 bits per heavy atom. The molecule has 2 amide bonds. The number of amides is 2. The van der Waals surface area contributed by atoms with Gasteiger partial charge in [0.15, 0.2) is 6.04 Å². The number of ether oxygens (including phenoxy) is 1. The molecule has 1 unspecified atom stereocenters. The van der Waals surface area contributed by atoms with Gasteiger partial charge in [0.1, 0.15) is 0 Å². The zero-order valence-electron chi connectivity index (χ0n) is 10.0. The Hall–Kier alpha value is -1.79. The van der Waals surface area contributed by atoms with Crippen molar-refractivity contribution in [3.8, 4) is 0 Å². The first kappa shape index (κ1) is 13.6. The summed E-state index contributed by atoms with van der Waals surface area (Å²) < 4.78 is 5.07. The maximum Gasteiger partial charge on any atom is 0.328 e. The van der Waals surface area contributed by atoms with Crippen LogP contribution in [0.3, 0.4) is 0 Å². The highest BCUT2D eigenvalue weighted by Gasteiger charge is 2.32. The van der Waals surface area contributed by atoms with Crippen LogP contribution in [0.15, 0.2) is 24.3 Å². The first-order valence-electron chi connectivity index (χ1n) is 5.71. The number of carboxylic acid groups (broad SMARTS) is 1. The minimum absolute atomic E-state index is 0.00169. The molecule has 102 valence electrons. The molecule has 2 rings (SSSR count). The fourth-order valence-electron chi connectivity index (χ4n) is 1.81. The van der Waals surface area contributed by atoms with E-state index in [0.717, 1.165) is 0 Å². The Balaban J connectivity index is 2.07. The standard InChI is InChI=1S/C12H13ClN2O4/c13-8-2-1-3-9(6-8)14-12(18)15-4-5-19-7-10(15)11(16)17/h1-3,6,10H,4-5,7H2,(H,14,18)(H,16,17). The number of urea groups is 1. The van der Waals surface area contributed by atoms with Gasteiger partial charge in [-0.3, -0.25) is 0 Å². The fraction of sp³-hybridized carbons (Fsp3) is 0.333. The topological polar surface area (TPSA) is 78.9 Å². The number of hydrogen-bond acceptors (Lipinski definition) is 3. The van der Waals surface area contributed by atoms with Crippen LogP contribution in [0.5, 0.6) is 0 Å². The van der Waals surface area contributed by atoms with Crippen molar-refractivity contribution in [3.05, 3.63) is 29.3 Å². The van der Waals surface area contributed by atoms with Gasteiger partial charge < -0.3 is 20.1 Å². The molecule has 0 saturated carbocycles. The van der Waals surface area contributed by atoms with Gasteiger partial charge in [0.2, 0.25) is 0 Å². The van der Waals surface area contributed by atoms with Crippen LogP contribution in [0.25, 0.3) is 0 Å². The zero-order valence-corrected chi connectivity index (χ0v) is 10.8. The van der Waals surface area contributed by atoms with Crippen LogP contribution in [-0.2, 0) is 9.53 Å². The molecule has 1 fully saturated rings. The fourth-order valence-corrected chi connectivity index (χ4v) is 2.00. The summed E-state index contributed by atoms with van der Waals surface area (Å²) in [5, 5.41) is 12.2. The van der Waals surface area contributed by atoms with Crippen LogP contribution >= 0.6 is 11.6 Å². The molecule has 0 bridgehead atoms. The molecule has 19 heavy (non-hydrogen) atoms. The Morgan fingerprint density at radius 1 is 1.47 bits per heavy atom. The van der Waals surface area contributed by atoms with Gasteiger partial charge in [0.05, 0.1) is 13.2 Å². The van der Waals surface area contributed by atoms with Crippen LogP contribution in [0.4, 0.5) is 10.5 Å². The van der Waals surface area contributed by atoms with E-state index in [9.17, 15) is 9.59 Å². The average molecular weight is 285 g/mol. The molecule has 0 aliphatic carbocycles. The largest absolute Gasteiger partial charge is 0.480 e. The predicted molar refractivity (Wildman–Crippen MR) is 69.4 cm³/mol. The van der Waals surface area contributed by atoms with E-state index in [1.54, 1.807) is 24.3 Å². The van der Waals surface area contributed by atoms with E-state index in [0.29, 0.717) is 17.3 Å². The Labute approximate surface area is 114 Å². The van der Waals surface area contributed by atoms with Crippen LogP contribution in [0, 0.1) is 0 Å². The Morgan fingerprint density at radius 3 is 2.95 bits per heavy atom. The van der Waals surface area contributed by atoms with Crippen molar-refractivity contribution in [2.75, 3.05) is 25.1 Å². The quantitative estimate of drug-likeness (QED) is 0.866. The number of halogens is 1. The van der Waals surface area contributed by atoms with Crippen molar-refractivity contribution in [1.82, 2.24) is 4.90 Å². The second-order valence-corrected chi connectivity index (χ2v) is 4.50. The monoisotopic (exact) mass is 284 g/mol. The van der Waals surface area contributed by atoms with Gasteiger partial charge in [-0.15, -0.1) is 0 Å². The van der Waals surface area contributed by atoms with Crippen molar-refractivity contribution < 1.29 is 19.4 Å². The molecule has 2 N–H and O–H groups in total. The van der Waals surface area contributed by atoms with Crippen LogP contribution in [-0.4, -0.2) is 47.8 Å². The number of hydrogen-bond donors (Lipinski definition) is 2. The number of benzene rings is 1. The number of aliphatic carboxylic acids is 1. The smallest absolute Gasteiger partial charge is 0.328 e. The van der Waals surface area contributed by atoms with Gasteiger partial charge >= 0.3 is 12.0 Å². The molecule has 1 saturated heterocycles. The zero-order chi connectivity index (χ0) is 13.8. The maximum absolute atomic E-state index is 12.0. The summed E-state index contributed by atoms with van der Waals surface area (Å²) in [6.45, 7) is 0.564. The molecule has 1 aliphatic heterocycles. The van der Waals surface area contributed by atoms with Crippen molar-refractivity contribution in [2.24, 2.45) is 0 Å². The third-order valence-corrected chi connectivity index (χ3v) is 2.99. The van der Waals surface area contributed by atoms with Crippen molar-refractivity contribution in [1.29, 1.82) is 0 Å². The van der Waals surface area contributed by atoms with E-state index < -0.39 is 18.0 Å². The summed E-state index contributed by atoms with van der Waals surface area (Å²) in [7, 11) is 0. The van der Waals surface area contributed by atoms with Gasteiger partial charge in [-0.05, 0) is 18.2 Å². The average Bonchev–Trinajstić information content (AvgIpc) is 2.38. The minimum Gasteiger partial charge on any atom is -0.480 e. The number of nitrogens with zero attached hydrogens (tertiary/aromatic N) is 1. The summed E-state index contributed by atoms with van der Waals surface area (Å²) in [5.41, 5.74) is 0.521. The summed E-state index contributed by atoms with van der Waals surface area (Å²) in [4.78, 5) is 24.3. The minimum atomic E-state index is -1.08. The van der Waals surface area contributed by atoms with Gasteiger partial charge in [0, 0.05) is 17.3 Å². The van der Waals surface area contributed by atoms with E-state index in [-0.39, 0.29) is 13.2 Å². The van der Waals surface area contributed by atoms with Gasteiger partial charge in [-0.2, -0.15) is 0 Å². The predicted octanol–water partition coefficient (Wildman–Crippen LogP) is 1.66. The summed E-state index contributed by atoms with van der Waals surface area (Å²) in [6.07, 6.45) is 0. The van der Waals surface area contributed by atoms with E-state index in [2.05, 4.69) is 5.32 Å². The highest BCUT2D eigenvalue weighted by Crippen LogP contribution is 2.16. The van der Waals surface area contributed by atoms with Gasteiger partial charge in [0.25, 0.3) is 0 Å². The van der Waals surface area contributed by atoms with E-state index >= 15 is 0 Å². The first-order valence-corrected chi connectivity index (χ1v) is 6.09. The van der Waals surface area contributed by atoms with Gasteiger partial charge in [-0.1, -0.05) is 17.7 Å². The molecular formula is C12H13ClN2O4. The molecule has 1 aliphatic rings.